The molecule has 6 nitrogen and oxygen atoms in total. The van der Waals surface area contributed by atoms with Crippen LogP contribution in [0.15, 0.2) is 42.9 Å². The average molecular weight is 360 g/mol. The lowest BCUT2D eigenvalue weighted by atomic mass is 9.93. The average Bonchev–Trinajstić information content (AvgIpc) is 2.67. The first-order valence-electron chi connectivity index (χ1n) is 8.96. The molecule has 0 aliphatic carbocycles. The van der Waals surface area contributed by atoms with E-state index < -0.39 is 0 Å². The number of phenolic OH excluding ortho intramolecular Hbond substituents is 2. The molecule has 6 heteroatoms. The Morgan fingerprint density at radius 1 is 0.889 bits per heavy atom. The molecule has 0 aliphatic rings. The molecule has 4 rings (SSSR count). The molecule has 27 heavy (non-hydrogen) atoms. The molecule has 0 radical (unpaired) electrons. The van der Waals surface area contributed by atoms with E-state index in [1.54, 1.807) is 30.7 Å². The van der Waals surface area contributed by atoms with Gasteiger partial charge in [-0.2, -0.15) is 10.2 Å². The van der Waals surface area contributed by atoms with Crippen molar-refractivity contribution in [1.29, 1.82) is 0 Å². The number of aryl methyl sites for hydroxylation is 1. The summed E-state index contributed by atoms with van der Waals surface area (Å²) in [6.07, 6.45) is 6.44. The molecule has 136 valence electrons. The third-order valence-corrected chi connectivity index (χ3v) is 4.91. The highest BCUT2D eigenvalue weighted by Crippen LogP contribution is 2.32. The van der Waals surface area contributed by atoms with Gasteiger partial charge < -0.3 is 10.2 Å². The summed E-state index contributed by atoms with van der Waals surface area (Å²) in [5.41, 5.74) is 3.99. The summed E-state index contributed by atoms with van der Waals surface area (Å²) in [4.78, 5) is 9.14. The van der Waals surface area contributed by atoms with E-state index >= 15 is 0 Å². The molecule has 2 heterocycles. The lowest BCUT2D eigenvalue weighted by molar-refractivity contribution is 0.463. The molecular weight excluding hydrogens is 340 g/mol. The lowest BCUT2D eigenvalue weighted by Gasteiger charge is -2.14. The number of hydrogen-bond acceptors (Lipinski definition) is 6. The van der Waals surface area contributed by atoms with E-state index in [2.05, 4.69) is 22.1 Å². The molecule has 0 bridgehead atoms. The van der Waals surface area contributed by atoms with E-state index in [0.717, 1.165) is 39.5 Å². The van der Waals surface area contributed by atoms with Crippen LogP contribution in [0.5, 0.6) is 11.5 Å². The molecule has 4 aromatic rings. The number of nitrogens with zero attached hydrogens (tertiary/aromatic N) is 4. The molecule has 0 fully saturated rings. The van der Waals surface area contributed by atoms with Crippen molar-refractivity contribution >= 4 is 21.8 Å². The minimum Gasteiger partial charge on any atom is -0.508 e. The Labute approximate surface area is 156 Å². The standard InChI is InChI=1S/C21H20N4O2/c1-3-13-6-19-18(8-20(13)26)22-11-16(25-19)4-12(2)17-5-14-9-23-24-10-15(14)7-21(17)27/h5-12,26-27H,3-4H2,1-2H3. The van der Waals surface area contributed by atoms with Gasteiger partial charge in [0.25, 0.3) is 0 Å². The molecule has 0 saturated carbocycles. The zero-order chi connectivity index (χ0) is 19.0. The van der Waals surface area contributed by atoms with Crippen molar-refractivity contribution < 1.29 is 10.2 Å². The van der Waals surface area contributed by atoms with Crippen LogP contribution in [0.2, 0.25) is 0 Å². The summed E-state index contributed by atoms with van der Waals surface area (Å²) >= 11 is 0. The molecule has 2 N–H and O–H groups in total. The third kappa shape index (κ3) is 3.26. The van der Waals surface area contributed by atoms with Crippen LogP contribution in [0.3, 0.4) is 0 Å². The van der Waals surface area contributed by atoms with Crippen LogP contribution < -0.4 is 0 Å². The number of benzene rings is 2. The SMILES string of the molecule is CCc1cc2nc(CC(C)c3cc4cnncc4cc3O)cnc2cc1O. The van der Waals surface area contributed by atoms with Gasteiger partial charge in [0.2, 0.25) is 0 Å². The molecule has 0 amide bonds. The Kier molecular flexibility index (Phi) is 4.32. The van der Waals surface area contributed by atoms with E-state index in [9.17, 15) is 10.2 Å². The van der Waals surface area contributed by atoms with Crippen LogP contribution in [-0.4, -0.2) is 30.4 Å². The van der Waals surface area contributed by atoms with Gasteiger partial charge in [0, 0.05) is 23.0 Å². The van der Waals surface area contributed by atoms with Gasteiger partial charge in [0.05, 0.1) is 29.1 Å². The predicted octanol–water partition coefficient (Wildman–Crippen LogP) is 3.89. The molecule has 0 spiro atoms. The van der Waals surface area contributed by atoms with Crippen LogP contribution in [0, 0.1) is 0 Å². The van der Waals surface area contributed by atoms with Crippen molar-refractivity contribution in [3.05, 3.63) is 59.7 Å². The molecule has 0 saturated heterocycles. The second kappa shape index (κ2) is 6.79. The summed E-state index contributed by atoms with van der Waals surface area (Å²) in [5, 5.41) is 30.0. The monoisotopic (exact) mass is 360 g/mol. The number of aromatic hydroxyl groups is 2. The minimum absolute atomic E-state index is 0.0528. The molecular formula is C21H20N4O2. The Bertz CT molecular complexity index is 1140. The summed E-state index contributed by atoms with van der Waals surface area (Å²) in [5.74, 6) is 0.552. The highest BCUT2D eigenvalue weighted by Gasteiger charge is 2.15. The largest absolute Gasteiger partial charge is 0.508 e. The number of phenols is 2. The highest BCUT2D eigenvalue weighted by molar-refractivity contribution is 5.83. The van der Waals surface area contributed by atoms with Crippen molar-refractivity contribution in [2.45, 2.75) is 32.6 Å². The zero-order valence-electron chi connectivity index (χ0n) is 15.2. The normalized spacial score (nSPS) is 12.5. The van der Waals surface area contributed by atoms with Crippen LogP contribution in [0.25, 0.3) is 21.8 Å². The number of fused-ring (bicyclic) bond motifs is 2. The fraction of sp³-hybridized carbons (Fsp3) is 0.238. The fourth-order valence-electron chi connectivity index (χ4n) is 3.38. The predicted molar refractivity (Wildman–Crippen MR) is 104 cm³/mol. The van der Waals surface area contributed by atoms with Crippen molar-refractivity contribution in [3.63, 3.8) is 0 Å². The zero-order valence-corrected chi connectivity index (χ0v) is 15.2. The van der Waals surface area contributed by atoms with E-state index in [1.165, 1.54) is 0 Å². The Hall–Kier alpha value is -3.28. The first kappa shape index (κ1) is 17.1. The second-order valence-corrected chi connectivity index (χ2v) is 6.82. The highest BCUT2D eigenvalue weighted by atomic mass is 16.3. The third-order valence-electron chi connectivity index (χ3n) is 4.91. The minimum atomic E-state index is 0.0528. The van der Waals surface area contributed by atoms with Gasteiger partial charge in [-0.05, 0) is 48.1 Å². The molecule has 2 aromatic carbocycles. The van der Waals surface area contributed by atoms with E-state index in [4.69, 9.17) is 4.98 Å². The van der Waals surface area contributed by atoms with Gasteiger partial charge in [-0.15, -0.1) is 0 Å². The second-order valence-electron chi connectivity index (χ2n) is 6.82. The number of rotatable bonds is 4. The maximum atomic E-state index is 10.4. The van der Waals surface area contributed by atoms with Gasteiger partial charge >= 0.3 is 0 Å². The quantitative estimate of drug-likeness (QED) is 0.573. The lowest BCUT2D eigenvalue weighted by Crippen LogP contribution is -2.02. The van der Waals surface area contributed by atoms with Gasteiger partial charge in [-0.3, -0.25) is 4.98 Å². The smallest absolute Gasteiger partial charge is 0.121 e. The first-order chi connectivity index (χ1) is 13.0. The molecule has 1 atom stereocenters. The van der Waals surface area contributed by atoms with Gasteiger partial charge in [0.1, 0.15) is 11.5 Å². The van der Waals surface area contributed by atoms with Gasteiger partial charge in [0.15, 0.2) is 0 Å². The summed E-state index contributed by atoms with van der Waals surface area (Å²) in [7, 11) is 0. The van der Waals surface area contributed by atoms with Crippen LogP contribution >= 0.6 is 0 Å². The fourth-order valence-corrected chi connectivity index (χ4v) is 3.38. The van der Waals surface area contributed by atoms with Crippen molar-refractivity contribution in [1.82, 2.24) is 20.2 Å². The maximum Gasteiger partial charge on any atom is 0.121 e. The molecule has 2 aromatic heterocycles. The topological polar surface area (TPSA) is 92.0 Å². The van der Waals surface area contributed by atoms with E-state index in [1.807, 2.05) is 19.1 Å². The molecule has 0 aliphatic heterocycles. The summed E-state index contributed by atoms with van der Waals surface area (Å²) in [6.45, 7) is 4.04. The van der Waals surface area contributed by atoms with Crippen LogP contribution in [-0.2, 0) is 12.8 Å². The Morgan fingerprint density at radius 2 is 1.63 bits per heavy atom. The number of aromatic nitrogens is 4. The van der Waals surface area contributed by atoms with Crippen LogP contribution in [0.1, 0.15) is 36.6 Å². The Morgan fingerprint density at radius 3 is 2.37 bits per heavy atom. The summed E-state index contributed by atoms with van der Waals surface area (Å²) < 4.78 is 0. The number of hydrogen-bond donors (Lipinski definition) is 2. The van der Waals surface area contributed by atoms with Gasteiger partial charge in [-0.1, -0.05) is 13.8 Å². The summed E-state index contributed by atoms with van der Waals surface area (Å²) in [6, 6.07) is 7.21. The van der Waals surface area contributed by atoms with Crippen LogP contribution in [0.4, 0.5) is 0 Å². The van der Waals surface area contributed by atoms with Crippen molar-refractivity contribution in [2.75, 3.05) is 0 Å². The first-order valence-corrected chi connectivity index (χ1v) is 8.96. The van der Waals surface area contributed by atoms with Crippen molar-refractivity contribution in [2.24, 2.45) is 0 Å². The van der Waals surface area contributed by atoms with E-state index in [0.29, 0.717) is 11.9 Å². The van der Waals surface area contributed by atoms with Gasteiger partial charge in [-0.25, -0.2) is 4.98 Å². The molecule has 1 unspecified atom stereocenters. The maximum absolute atomic E-state index is 10.4. The van der Waals surface area contributed by atoms with Crippen molar-refractivity contribution in [3.8, 4) is 11.5 Å². The Balaban J connectivity index is 1.67. The van der Waals surface area contributed by atoms with E-state index in [-0.39, 0.29) is 17.4 Å².